The number of alkyl halides is 1. The third kappa shape index (κ3) is 11.6. The molecule has 6 heteroatoms. The number of unbranched alkanes of at least 4 members (excludes halogenated alkanes) is 7. The second kappa shape index (κ2) is 15.7. The molecule has 1 radical (unpaired) electrons. The van der Waals surface area contributed by atoms with Gasteiger partial charge in [-0.15, -0.1) is 11.6 Å². The van der Waals surface area contributed by atoms with E-state index in [4.69, 9.17) is 22.9 Å². The molecule has 0 unspecified atom stereocenters. The molecule has 125 valence electrons. The van der Waals surface area contributed by atoms with Gasteiger partial charge in [-0.3, -0.25) is 4.79 Å². The van der Waals surface area contributed by atoms with Gasteiger partial charge in [0.15, 0.2) is 0 Å². The Morgan fingerprint density at radius 3 is 2.14 bits per heavy atom. The zero-order valence-electron chi connectivity index (χ0n) is 12.5. The number of rotatable bonds is 11. The van der Waals surface area contributed by atoms with Gasteiger partial charge in [-0.2, -0.15) is 0 Å². The van der Waals surface area contributed by atoms with Crippen LogP contribution in [0.1, 0.15) is 58.3 Å². The van der Waals surface area contributed by atoms with Crippen LogP contribution in [0.25, 0.3) is 4.85 Å². The molecule has 0 heterocycles. The zero-order chi connectivity index (χ0) is 15.2. The number of esters is 1. The molecule has 0 fully saturated rings. The van der Waals surface area contributed by atoms with E-state index in [9.17, 15) is 9.90 Å². The van der Waals surface area contributed by atoms with Gasteiger partial charge in [0, 0.05) is 17.1 Å². The van der Waals surface area contributed by atoms with Crippen molar-refractivity contribution in [3.05, 3.63) is 22.9 Å². The Balaban J connectivity index is 0. The summed E-state index contributed by atoms with van der Waals surface area (Å²) >= 11 is 5.37. The van der Waals surface area contributed by atoms with Crippen LogP contribution in [-0.4, -0.2) is 23.6 Å². The van der Waals surface area contributed by atoms with Gasteiger partial charge in [-0.05, 0) is 6.42 Å². The average molecular weight is 365 g/mol. The summed E-state index contributed by atoms with van der Waals surface area (Å²) in [5, 5.41) is 9.26. The first kappa shape index (κ1) is 22.6. The SMILES string of the molecule is [C-]#[N+]/C(C(=O)OCCCCCCCCCC)=C(/O)CCl.[Cu]. The molecule has 1 N–H and O–H groups in total. The minimum atomic E-state index is -0.791. The normalized spacial score (nSPS) is 11.1. The molecule has 0 aromatic heterocycles. The number of carbonyl (C=O) groups is 1. The smallest absolute Gasteiger partial charge is 0.339 e. The summed E-state index contributed by atoms with van der Waals surface area (Å²) in [6.07, 6.45) is 9.26. The average Bonchev–Trinajstić information content (AvgIpc) is 2.46. The number of hydrogen-bond donors (Lipinski definition) is 1. The Labute approximate surface area is 143 Å². The molecule has 0 amide bonds. The van der Waals surface area contributed by atoms with Crippen LogP contribution in [0.4, 0.5) is 0 Å². The van der Waals surface area contributed by atoms with E-state index in [-0.39, 0.29) is 29.6 Å². The van der Waals surface area contributed by atoms with Crippen molar-refractivity contribution in [3.8, 4) is 0 Å². The fraction of sp³-hybridized carbons (Fsp3) is 0.733. The summed E-state index contributed by atoms with van der Waals surface area (Å²) in [6.45, 7) is 9.28. The number of aliphatic hydroxyl groups is 1. The minimum absolute atomic E-state index is 0. The summed E-state index contributed by atoms with van der Waals surface area (Å²) in [5.74, 6) is -1.48. The Kier molecular flexibility index (Phi) is 16.9. The molecule has 4 nitrogen and oxygen atoms in total. The monoisotopic (exact) mass is 364 g/mol. The first-order valence-electron chi connectivity index (χ1n) is 7.20. The Morgan fingerprint density at radius 2 is 1.67 bits per heavy atom. The van der Waals surface area contributed by atoms with Gasteiger partial charge in [0.1, 0.15) is 5.76 Å². The first-order chi connectivity index (χ1) is 9.67. The molecule has 0 aliphatic rings. The maximum absolute atomic E-state index is 11.5. The molecular weight excluding hydrogens is 341 g/mol. The molecule has 0 rings (SSSR count). The van der Waals surface area contributed by atoms with E-state index in [1.807, 2.05) is 0 Å². The second-order valence-corrected chi connectivity index (χ2v) is 4.92. The van der Waals surface area contributed by atoms with Crippen molar-refractivity contribution in [2.24, 2.45) is 0 Å². The van der Waals surface area contributed by atoms with E-state index in [2.05, 4.69) is 11.8 Å². The van der Waals surface area contributed by atoms with Crippen molar-refractivity contribution in [3.63, 3.8) is 0 Å². The molecule has 21 heavy (non-hydrogen) atoms. The number of ether oxygens (including phenoxy) is 1. The van der Waals surface area contributed by atoms with Crippen LogP contribution in [0.2, 0.25) is 0 Å². The number of aliphatic hydroxyl groups excluding tert-OH is 1. The Hall–Kier alpha value is -0.691. The van der Waals surface area contributed by atoms with E-state index < -0.39 is 17.4 Å². The predicted molar refractivity (Wildman–Crippen MR) is 80.5 cm³/mol. The van der Waals surface area contributed by atoms with Gasteiger partial charge in [0.25, 0.3) is 0 Å². The maximum Gasteiger partial charge on any atom is 0.339 e. The van der Waals surface area contributed by atoms with E-state index in [0.717, 1.165) is 19.3 Å². The van der Waals surface area contributed by atoms with Crippen LogP contribution in [0.5, 0.6) is 0 Å². The summed E-state index contributed by atoms with van der Waals surface area (Å²) in [6, 6.07) is 0. The molecule has 0 saturated carbocycles. The summed E-state index contributed by atoms with van der Waals surface area (Å²) in [5.41, 5.74) is -0.417. The Morgan fingerprint density at radius 1 is 1.14 bits per heavy atom. The van der Waals surface area contributed by atoms with Gasteiger partial charge in [0.05, 0.1) is 19.1 Å². The number of carbonyl (C=O) groups excluding carboxylic acids is 1. The summed E-state index contributed by atoms with van der Waals surface area (Å²) in [4.78, 5) is 14.4. The quantitative estimate of drug-likeness (QED) is 0.111. The molecule has 0 atom stereocenters. The predicted octanol–water partition coefficient (Wildman–Crippen LogP) is 4.60. The fourth-order valence-electron chi connectivity index (χ4n) is 1.76. The summed E-state index contributed by atoms with van der Waals surface area (Å²) in [7, 11) is 0. The van der Waals surface area contributed by atoms with Crippen molar-refractivity contribution in [2.45, 2.75) is 58.3 Å². The molecule has 0 bridgehead atoms. The number of hydrogen-bond acceptors (Lipinski definition) is 3. The van der Waals surface area contributed by atoms with Crippen LogP contribution in [-0.2, 0) is 26.6 Å². The number of nitrogens with zero attached hydrogens (tertiary/aromatic N) is 1. The third-order valence-electron chi connectivity index (χ3n) is 2.94. The van der Waals surface area contributed by atoms with E-state index in [1.165, 1.54) is 32.1 Å². The van der Waals surface area contributed by atoms with E-state index in [1.54, 1.807) is 0 Å². The van der Waals surface area contributed by atoms with Crippen molar-refractivity contribution < 1.29 is 31.7 Å². The fourth-order valence-corrected chi connectivity index (χ4v) is 1.89. The molecule has 0 aromatic rings. The minimum Gasteiger partial charge on any atom is -0.522 e. The molecular formula is C15H24ClCuNO3. The summed E-state index contributed by atoms with van der Waals surface area (Å²) < 4.78 is 4.93. The number of allylic oxidation sites excluding steroid dienone is 1. The molecule has 0 spiro atoms. The van der Waals surface area contributed by atoms with Gasteiger partial charge < -0.3 is 9.84 Å². The van der Waals surface area contributed by atoms with E-state index in [0.29, 0.717) is 0 Å². The molecule has 0 aromatic carbocycles. The van der Waals surface area contributed by atoms with Gasteiger partial charge in [0.2, 0.25) is 0 Å². The van der Waals surface area contributed by atoms with Crippen molar-refractivity contribution >= 4 is 17.6 Å². The molecule has 0 aliphatic heterocycles. The van der Waals surface area contributed by atoms with Crippen LogP contribution < -0.4 is 0 Å². The van der Waals surface area contributed by atoms with Crippen molar-refractivity contribution in [1.82, 2.24) is 0 Å². The van der Waals surface area contributed by atoms with E-state index >= 15 is 0 Å². The van der Waals surface area contributed by atoms with Crippen molar-refractivity contribution in [2.75, 3.05) is 12.5 Å². The van der Waals surface area contributed by atoms with Gasteiger partial charge in [-0.25, -0.2) is 4.85 Å². The number of halogens is 1. The van der Waals surface area contributed by atoms with Gasteiger partial charge in [-0.1, -0.05) is 51.9 Å². The second-order valence-electron chi connectivity index (χ2n) is 4.65. The van der Waals surface area contributed by atoms with Gasteiger partial charge >= 0.3 is 11.7 Å². The Bertz CT molecular complexity index is 353. The van der Waals surface area contributed by atoms with Crippen molar-refractivity contribution in [1.29, 1.82) is 0 Å². The standard InChI is InChI=1S/C15H24ClNO3.Cu/c1-3-4-5-6-7-8-9-10-11-20-15(19)14(17-2)13(18)12-16;/h18H,3-12H2,1H3;/b14-13+;. The van der Waals surface area contributed by atoms with Crippen LogP contribution in [0, 0.1) is 6.57 Å². The van der Waals surface area contributed by atoms with Crippen LogP contribution >= 0.6 is 11.6 Å². The topological polar surface area (TPSA) is 50.9 Å². The molecule has 0 saturated heterocycles. The molecule has 0 aliphatic carbocycles. The van der Waals surface area contributed by atoms with Crippen LogP contribution in [0.3, 0.4) is 0 Å². The first-order valence-corrected chi connectivity index (χ1v) is 7.73. The largest absolute Gasteiger partial charge is 0.522 e. The maximum atomic E-state index is 11.5. The third-order valence-corrected chi connectivity index (χ3v) is 3.19. The van der Waals surface area contributed by atoms with Crippen LogP contribution in [0.15, 0.2) is 11.5 Å². The zero-order valence-corrected chi connectivity index (χ0v) is 14.2.